The first-order valence-corrected chi connectivity index (χ1v) is 8.07. The molecule has 0 aliphatic heterocycles. The van der Waals surface area contributed by atoms with Gasteiger partial charge in [0, 0.05) is 36.3 Å². The summed E-state index contributed by atoms with van der Waals surface area (Å²) in [6.45, 7) is 18.7. The maximum Gasteiger partial charge on any atom is 0 e. The molecule has 0 saturated carbocycles. The van der Waals surface area contributed by atoms with Crippen LogP contribution in [0, 0.1) is 51.1 Å². The predicted molar refractivity (Wildman–Crippen MR) is 98.6 cm³/mol. The van der Waals surface area contributed by atoms with Crippen molar-refractivity contribution in [2.24, 2.45) is 0 Å². The summed E-state index contributed by atoms with van der Waals surface area (Å²) in [6, 6.07) is 9.27. The average Bonchev–Trinajstić information content (AvgIpc) is 2.76. The SMILES string of the molecule is CCCCC#C[C@@](O)([CH][CH][CH][C@@H](C)O[C-]=O)c1ccccc1.[C-]#[O+].[C-]#[O+].[C-]#[O+].[Fe]. The van der Waals surface area contributed by atoms with Crippen molar-refractivity contribution in [3.05, 3.63) is 75.1 Å². The fraction of sp³-hybridized carbons (Fsp3) is 0.318. The van der Waals surface area contributed by atoms with Crippen LogP contribution in [-0.4, -0.2) is 17.7 Å². The van der Waals surface area contributed by atoms with Crippen LogP contribution in [0.5, 0.6) is 0 Å². The van der Waals surface area contributed by atoms with E-state index in [-0.39, 0.29) is 17.1 Å². The van der Waals surface area contributed by atoms with Crippen LogP contribution in [-0.2, 0) is 46.2 Å². The number of rotatable bonds is 9. The van der Waals surface area contributed by atoms with Gasteiger partial charge in [0.1, 0.15) is 0 Å². The minimum Gasteiger partial charge on any atom is 0 e. The van der Waals surface area contributed by atoms with Gasteiger partial charge in [0.15, 0.2) is 5.60 Å². The molecule has 6 nitrogen and oxygen atoms in total. The van der Waals surface area contributed by atoms with Crippen LogP contribution in [0.1, 0.15) is 38.7 Å². The monoisotopic (exact) mass is 438 g/mol. The topological polar surface area (TPSA) is 106 Å². The molecule has 155 valence electrons. The molecule has 29 heavy (non-hydrogen) atoms. The third-order valence-electron chi connectivity index (χ3n) is 3.10. The molecule has 0 fully saturated rings. The van der Waals surface area contributed by atoms with Crippen LogP contribution in [0.3, 0.4) is 0 Å². The van der Waals surface area contributed by atoms with E-state index < -0.39 is 11.7 Å². The molecule has 0 aromatic heterocycles. The molecule has 0 aliphatic carbocycles. The number of ether oxygens (including phenoxy) is 1. The van der Waals surface area contributed by atoms with Crippen molar-refractivity contribution in [3.63, 3.8) is 0 Å². The third-order valence-corrected chi connectivity index (χ3v) is 3.10. The van der Waals surface area contributed by atoms with Gasteiger partial charge in [-0.2, -0.15) is 0 Å². The molecule has 0 saturated heterocycles. The van der Waals surface area contributed by atoms with Crippen molar-refractivity contribution in [2.45, 2.75) is 44.8 Å². The van der Waals surface area contributed by atoms with E-state index in [9.17, 15) is 9.90 Å². The molecule has 3 radical (unpaired) electrons. The van der Waals surface area contributed by atoms with Gasteiger partial charge in [-0.25, -0.2) is 0 Å². The normalized spacial score (nSPS) is 11.1. The summed E-state index contributed by atoms with van der Waals surface area (Å²) < 4.78 is 27.1. The summed E-state index contributed by atoms with van der Waals surface area (Å²) in [4.78, 5) is 10.1. The molecule has 0 heterocycles. The second-order valence-electron chi connectivity index (χ2n) is 5.00. The minimum absolute atomic E-state index is 0. The van der Waals surface area contributed by atoms with Crippen molar-refractivity contribution < 1.29 is 45.7 Å². The number of benzene rings is 1. The van der Waals surface area contributed by atoms with Crippen molar-refractivity contribution >= 4 is 6.47 Å². The van der Waals surface area contributed by atoms with Gasteiger partial charge in [0.05, 0.1) is 6.10 Å². The van der Waals surface area contributed by atoms with Gasteiger partial charge in [0.25, 0.3) is 0 Å². The summed E-state index contributed by atoms with van der Waals surface area (Å²) >= 11 is 0. The predicted octanol–water partition coefficient (Wildman–Crippen LogP) is 3.04. The van der Waals surface area contributed by atoms with E-state index in [1.54, 1.807) is 26.2 Å². The number of hydrogen-bond donors (Lipinski definition) is 1. The van der Waals surface area contributed by atoms with E-state index >= 15 is 0 Å². The van der Waals surface area contributed by atoms with E-state index in [4.69, 9.17) is 14.0 Å². The maximum atomic E-state index is 10.8. The van der Waals surface area contributed by atoms with Crippen LogP contribution in [0.25, 0.3) is 0 Å². The van der Waals surface area contributed by atoms with Crippen LogP contribution in [0.15, 0.2) is 30.3 Å². The standard InChI is InChI=1S/C19H22O3.3CO.Fe/c1-3-4-5-9-14-19(21,18-12-7-6-8-13-18)15-10-11-17(2)22-16-20;3*1-2;/h6-8,10-13,15,17,21H,3-5H2,1-2H3;;;;/q-1;;;;/t17-,19-;;;;/m1..../s1. The second-order valence-corrected chi connectivity index (χ2v) is 5.00. The van der Waals surface area contributed by atoms with Gasteiger partial charge in [0.2, 0.25) is 0 Å². The average molecular weight is 438 g/mol. The molecule has 0 bridgehead atoms. The summed E-state index contributed by atoms with van der Waals surface area (Å²) in [5.41, 5.74) is -0.644. The number of aliphatic hydroxyl groups is 1. The Bertz CT molecular complexity index is 601. The van der Waals surface area contributed by atoms with Crippen molar-refractivity contribution in [1.82, 2.24) is 0 Å². The molecule has 7 heteroatoms. The smallest absolute Gasteiger partial charge is 0 e. The van der Waals surface area contributed by atoms with E-state index in [1.807, 2.05) is 30.3 Å². The quantitative estimate of drug-likeness (QED) is 0.211. The van der Waals surface area contributed by atoms with Crippen LogP contribution < -0.4 is 0 Å². The molecule has 0 aliphatic rings. The zero-order valence-electron chi connectivity index (χ0n) is 16.2. The third kappa shape index (κ3) is 17.8. The number of carbonyl (C=O) groups excluding carboxylic acids is 1. The molecule has 1 aromatic rings. The Hall–Kier alpha value is -2.05. The maximum absolute atomic E-state index is 10.8. The molecular weight excluding hydrogens is 416 g/mol. The number of unbranched alkanes of at least 4 members (excludes halogenated alkanes) is 2. The Balaban J connectivity index is -0.000000407. The first kappa shape index (κ1) is 34.5. The van der Waals surface area contributed by atoms with Crippen LogP contribution >= 0.6 is 0 Å². The summed E-state index contributed by atoms with van der Waals surface area (Å²) in [6.07, 6.45) is 7.35. The van der Waals surface area contributed by atoms with Gasteiger partial charge >= 0.3 is 33.9 Å². The molecular formula is C22H22FeO6-. The Kier molecular flexibility index (Phi) is 30.8. The first-order chi connectivity index (χ1) is 13.6. The zero-order valence-corrected chi connectivity index (χ0v) is 17.3. The molecule has 2 atom stereocenters. The molecule has 1 rings (SSSR count). The van der Waals surface area contributed by atoms with Gasteiger partial charge in [-0.15, -0.1) is 0 Å². The second kappa shape index (κ2) is 25.9. The Morgan fingerprint density at radius 3 is 2.24 bits per heavy atom. The Morgan fingerprint density at radius 1 is 1.21 bits per heavy atom. The number of hydrogen-bond acceptors (Lipinski definition) is 3. The van der Waals surface area contributed by atoms with Crippen molar-refractivity contribution in [3.8, 4) is 11.8 Å². The van der Waals surface area contributed by atoms with E-state index in [2.05, 4.69) is 43.5 Å². The largest absolute Gasteiger partial charge is 0 e. The molecule has 0 unspecified atom stereocenters. The van der Waals surface area contributed by atoms with Gasteiger partial charge in [-0.1, -0.05) is 62.0 Å². The Labute approximate surface area is 184 Å². The van der Waals surface area contributed by atoms with Gasteiger partial charge < -0.3 is 14.6 Å². The minimum atomic E-state index is -1.35. The van der Waals surface area contributed by atoms with Crippen molar-refractivity contribution in [2.75, 3.05) is 0 Å². The summed E-state index contributed by atoms with van der Waals surface area (Å²) in [7, 11) is 0. The molecule has 0 spiro atoms. The first-order valence-electron chi connectivity index (χ1n) is 8.07. The summed E-state index contributed by atoms with van der Waals surface area (Å²) in [5, 5.41) is 10.8. The van der Waals surface area contributed by atoms with Gasteiger partial charge in [-0.05, 0) is 25.3 Å². The molecule has 1 N–H and O–H groups in total. The fourth-order valence-electron chi connectivity index (χ4n) is 1.83. The molecule has 0 amide bonds. The van der Waals surface area contributed by atoms with E-state index in [0.717, 1.165) is 19.3 Å². The van der Waals surface area contributed by atoms with Crippen LogP contribution in [0.4, 0.5) is 0 Å². The van der Waals surface area contributed by atoms with E-state index in [1.165, 1.54) is 6.47 Å². The molecule has 1 aromatic carbocycles. The zero-order chi connectivity index (χ0) is 22.3. The fourth-order valence-corrected chi connectivity index (χ4v) is 1.83. The van der Waals surface area contributed by atoms with Gasteiger partial charge in [-0.3, -0.25) is 0 Å². The Morgan fingerprint density at radius 2 is 1.76 bits per heavy atom. The summed E-state index contributed by atoms with van der Waals surface area (Å²) in [5.74, 6) is 5.96. The van der Waals surface area contributed by atoms with Crippen molar-refractivity contribution in [1.29, 1.82) is 0 Å². The van der Waals surface area contributed by atoms with E-state index in [0.29, 0.717) is 5.56 Å². The van der Waals surface area contributed by atoms with Crippen LogP contribution in [0.2, 0.25) is 0 Å².